The number of aryl methyl sites for hydroxylation is 2. The predicted octanol–water partition coefficient (Wildman–Crippen LogP) is 2.64. The zero-order valence-corrected chi connectivity index (χ0v) is 12.8. The van der Waals surface area contributed by atoms with E-state index in [0.717, 1.165) is 43.3 Å². The summed E-state index contributed by atoms with van der Waals surface area (Å²) in [5, 5.41) is 11.0. The number of amides is 1. The molecular formula is C18H22N2O2. The number of carbonyl (C=O) groups excluding carboxylic acids is 1. The molecule has 1 aromatic carbocycles. The van der Waals surface area contributed by atoms with Gasteiger partial charge in [0.1, 0.15) is 0 Å². The van der Waals surface area contributed by atoms with E-state index in [1.165, 1.54) is 29.5 Å². The minimum Gasteiger partial charge on any atom is -0.391 e. The number of nitrogens with one attached hydrogen (secondary N) is 1. The normalized spacial score (nSPS) is 21.9. The number of aliphatic hydroxyl groups is 1. The molecule has 1 fully saturated rings. The lowest BCUT2D eigenvalue weighted by Gasteiger charge is -2.30. The van der Waals surface area contributed by atoms with Gasteiger partial charge in [-0.1, -0.05) is 0 Å². The van der Waals surface area contributed by atoms with Crippen molar-refractivity contribution < 1.29 is 9.90 Å². The third kappa shape index (κ3) is 2.31. The van der Waals surface area contributed by atoms with Crippen LogP contribution in [0.4, 0.5) is 0 Å². The zero-order valence-electron chi connectivity index (χ0n) is 12.8. The second-order valence-corrected chi connectivity index (χ2v) is 6.60. The number of aromatic nitrogens is 1. The van der Waals surface area contributed by atoms with Crippen LogP contribution < -0.4 is 0 Å². The van der Waals surface area contributed by atoms with Crippen LogP contribution in [0, 0.1) is 0 Å². The fourth-order valence-electron chi connectivity index (χ4n) is 3.86. The van der Waals surface area contributed by atoms with E-state index in [-0.39, 0.29) is 12.0 Å². The molecule has 1 amide bonds. The van der Waals surface area contributed by atoms with Crippen molar-refractivity contribution in [2.45, 2.75) is 44.6 Å². The number of H-pyrrole nitrogens is 1. The summed E-state index contributed by atoms with van der Waals surface area (Å²) in [6, 6.07) is 5.98. The number of rotatable bonds is 1. The third-order valence-corrected chi connectivity index (χ3v) is 5.03. The molecule has 116 valence electrons. The second kappa shape index (κ2) is 5.43. The lowest BCUT2D eigenvalue weighted by Crippen LogP contribution is -2.42. The van der Waals surface area contributed by atoms with Crippen LogP contribution in [-0.4, -0.2) is 40.1 Å². The fourth-order valence-corrected chi connectivity index (χ4v) is 3.86. The van der Waals surface area contributed by atoms with Gasteiger partial charge in [-0.3, -0.25) is 4.79 Å². The van der Waals surface area contributed by atoms with Crippen LogP contribution in [0.2, 0.25) is 0 Å². The molecule has 0 radical (unpaired) electrons. The summed E-state index contributed by atoms with van der Waals surface area (Å²) in [4.78, 5) is 18.0. The third-order valence-electron chi connectivity index (χ3n) is 5.03. The van der Waals surface area contributed by atoms with Crippen LogP contribution in [0.3, 0.4) is 0 Å². The van der Waals surface area contributed by atoms with E-state index in [1.807, 2.05) is 18.2 Å². The van der Waals surface area contributed by atoms with E-state index in [4.69, 9.17) is 0 Å². The molecule has 1 aromatic heterocycles. The van der Waals surface area contributed by atoms with Crippen LogP contribution >= 0.6 is 0 Å². The van der Waals surface area contributed by atoms with E-state index in [0.29, 0.717) is 6.54 Å². The first-order chi connectivity index (χ1) is 10.7. The maximum Gasteiger partial charge on any atom is 0.253 e. The van der Waals surface area contributed by atoms with Gasteiger partial charge in [0, 0.05) is 35.2 Å². The highest BCUT2D eigenvalue weighted by Crippen LogP contribution is 2.30. The first-order valence-electron chi connectivity index (χ1n) is 8.33. The fraction of sp³-hybridized carbons (Fsp3) is 0.500. The van der Waals surface area contributed by atoms with E-state index >= 15 is 0 Å². The molecule has 4 heteroatoms. The van der Waals surface area contributed by atoms with Gasteiger partial charge < -0.3 is 15.0 Å². The van der Waals surface area contributed by atoms with Gasteiger partial charge in [-0.05, 0) is 62.3 Å². The van der Waals surface area contributed by atoms with E-state index in [1.54, 1.807) is 4.90 Å². The molecule has 2 aliphatic rings. The lowest BCUT2D eigenvalue weighted by molar-refractivity contribution is 0.0474. The molecule has 0 saturated carbocycles. The summed E-state index contributed by atoms with van der Waals surface area (Å²) in [7, 11) is 0. The van der Waals surface area contributed by atoms with Gasteiger partial charge in [0.05, 0.1) is 6.10 Å². The highest BCUT2D eigenvalue weighted by Gasteiger charge is 2.24. The van der Waals surface area contributed by atoms with Crippen molar-refractivity contribution in [2.24, 2.45) is 0 Å². The van der Waals surface area contributed by atoms with Crippen molar-refractivity contribution in [2.75, 3.05) is 13.1 Å². The molecule has 1 aliphatic heterocycles. The van der Waals surface area contributed by atoms with Gasteiger partial charge in [0.25, 0.3) is 5.91 Å². The minimum absolute atomic E-state index is 0.0476. The molecule has 0 unspecified atom stereocenters. The van der Waals surface area contributed by atoms with Crippen molar-refractivity contribution in [3.63, 3.8) is 0 Å². The van der Waals surface area contributed by atoms with E-state index in [2.05, 4.69) is 4.98 Å². The molecule has 4 nitrogen and oxygen atoms in total. The Labute approximate surface area is 130 Å². The van der Waals surface area contributed by atoms with Gasteiger partial charge in [-0.15, -0.1) is 0 Å². The highest BCUT2D eigenvalue weighted by atomic mass is 16.3. The summed E-state index contributed by atoms with van der Waals surface area (Å²) in [5.74, 6) is 0.0476. The van der Waals surface area contributed by atoms with Gasteiger partial charge in [0.15, 0.2) is 0 Å². The monoisotopic (exact) mass is 298 g/mol. The standard InChI is InChI=1S/C18H22N2O2/c21-13-4-3-9-20(11-13)18(22)12-7-8-17-15(10-12)14-5-1-2-6-16(14)19-17/h7-8,10,13,19,21H,1-6,9,11H2/t13-/m0/s1. The molecule has 22 heavy (non-hydrogen) atoms. The maximum absolute atomic E-state index is 12.7. The highest BCUT2D eigenvalue weighted by molar-refractivity contribution is 5.99. The average Bonchev–Trinajstić information content (AvgIpc) is 2.92. The summed E-state index contributed by atoms with van der Waals surface area (Å²) >= 11 is 0. The first kappa shape index (κ1) is 13.8. The maximum atomic E-state index is 12.7. The van der Waals surface area contributed by atoms with Crippen LogP contribution in [0.25, 0.3) is 10.9 Å². The number of piperidine rings is 1. The Hall–Kier alpha value is -1.81. The summed E-state index contributed by atoms with van der Waals surface area (Å²) < 4.78 is 0. The Morgan fingerprint density at radius 3 is 2.95 bits per heavy atom. The first-order valence-corrected chi connectivity index (χ1v) is 8.33. The van der Waals surface area contributed by atoms with Gasteiger partial charge in [0.2, 0.25) is 0 Å². The van der Waals surface area contributed by atoms with Crippen molar-refractivity contribution in [3.8, 4) is 0 Å². The topological polar surface area (TPSA) is 56.3 Å². The van der Waals surface area contributed by atoms with Crippen LogP contribution in [0.15, 0.2) is 18.2 Å². The Morgan fingerprint density at radius 1 is 1.23 bits per heavy atom. The summed E-state index contributed by atoms with van der Waals surface area (Å²) in [6.07, 6.45) is 6.01. The van der Waals surface area contributed by atoms with Crippen LogP contribution in [0.1, 0.15) is 47.3 Å². The minimum atomic E-state index is -0.374. The lowest BCUT2D eigenvalue weighted by atomic mass is 9.95. The molecule has 1 saturated heterocycles. The van der Waals surface area contributed by atoms with E-state index in [9.17, 15) is 9.90 Å². The van der Waals surface area contributed by atoms with Crippen LogP contribution in [0.5, 0.6) is 0 Å². The molecular weight excluding hydrogens is 276 g/mol. The van der Waals surface area contributed by atoms with Crippen molar-refractivity contribution in [1.29, 1.82) is 0 Å². The van der Waals surface area contributed by atoms with Gasteiger partial charge in [-0.25, -0.2) is 0 Å². The number of hydrogen-bond acceptors (Lipinski definition) is 2. The molecule has 2 heterocycles. The number of fused-ring (bicyclic) bond motifs is 3. The number of aromatic amines is 1. The summed E-state index contributed by atoms with van der Waals surface area (Å²) in [6.45, 7) is 1.21. The van der Waals surface area contributed by atoms with Crippen molar-refractivity contribution in [1.82, 2.24) is 9.88 Å². The van der Waals surface area contributed by atoms with Gasteiger partial charge in [-0.2, -0.15) is 0 Å². The molecule has 2 aromatic rings. The Kier molecular flexibility index (Phi) is 3.41. The molecule has 0 spiro atoms. The molecule has 4 rings (SSSR count). The number of nitrogens with zero attached hydrogens (tertiary/aromatic N) is 1. The average molecular weight is 298 g/mol. The van der Waals surface area contributed by atoms with Crippen LogP contribution in [-0.2, 0) is 12.8 Å². The van der Waals surface area contributed by atoms with Gasteiger partial charge >= 0.3 is 0 Å². The number of hydrogen-bond donors (Lipinski definition) is 2. The van der Waals surface area contributed by atoms with Crippen molar-refractivity contribution in [3.05, 3.63) is 35.0 Å². The number of benzene rings is 1. The predicted molar refractivity (Wildman–Crippen MR) is 86.1 cm³/mol. The second-order valence-electron chi connectivity index (χ2n) is 6.60. The number of aliphatic hydroxyl groups excluding tert-OH is 1. The quantitative estimate of drug-likeness (QED) is 0.850. The Morgan fingerprint density at radius 2 is 2.09 bits per heavy atom. The number of β-amino-alcohol motifs (C(OH)–C–C–N with tert-alkyl or cyclic N) is 1. The van der Waals surface area contributed by atoms with Crippen molar-refractivity contribution >= 4 is 16.8 Å². The zero-order chi connectivity index (χ0) is 15.1. The molecule has 1 aliphatic carbocycles. The number of likely N-dealkylation sites (tertiary alicyclic amines) is 1. The molecule has 1 atom stereocenters. The Bertz CT molecular complexity index is 719. The summed E-state index contributed by atoms with van der Waals surface area (Å²) in [5.41, 5.74) is 4.63. The molecule has 0 bridgehead atoms. The number of carbonyl (C=O) groups is 1. The van der Waals surface area contributed by atoms with E-state index < -0.39 is 0 Å². The largest absolute Gasteiger partial charge is 0.391 e. The Balaban J connectivity index is 1.68. The SMILES string of the molecule is O=C(c1ccc2[nH]c3c(c2c1)CCCC3)N1CCC[C@H](O)C1. The smallest absolute Gasteiger partial charge is 0.253 e. The molecule has 2 N–H and O–H groups in total.